The molecule has 0 aliphatic carbocycles. The largest absolute Gasteiger partial charge is 0.326 e. The van der Waals surface area contributed by atoms with E-state index in [0.29, 0.717) is 6.54 Å². The van der Waals surface area contributed by atoms with E-state index >= 15 is 0 Å². The summed E-state index contributed by atoms with van der Waals surface area (Å²) < 4.78 is 12.3. The summed E-state index contributed by atoms with van der Waals surface area (Å²) in [5.41, 5.74) is 6.72. The van der Waals surface area contributed by atoms with Crippen LogP contribution in [0.4, 0.5) is 4.39 Å². The Bertz CT molecular complexity index is 502. The van der Waals surface area contributed by atoms with Gasteiger partial charge in [-0.1, -0.05) is 36.4 Å². The molecular formula is C14H13ClFNO. The average Bonchev–Trinajstić information content (AvgIpc) is 2.40. The normalized spacial score (nSPS) is 9.28. The number of rotatable bonds is 2. The lowest BCUT2D eigenvalue weighted by Gasteiger charge is -1.90. The van der Waals surface area contributed by atoms with Gasteiger partial charge < -0.3 is 5.73 Å². The van der Waals surface area contributed by atoms with Gasteiger partial charge in [0.2, 0.25) is 0 Å². The van der Waals surface area contributed by atoms with E-state index in [1.165, 1.54) is 23.8 Å². The highest BCUT2D eigenvalue weighted by Crippen LogP contribution is 2.05. The zero-order valence-electron chi connectivity index (χ0n) is 9.64. The van der Waals surface area contributed by atoms with Crippen LogP contribution >= 0.6 is 11.6 Å². The molecule has 4 heteroatoms. The van der Waals surface area contributed by atoms with Crippen LogP contribution in [0.15, 0.2) is 54.6 Å². The lowest BCUT2D eigenvalue weighted by molar-refractivity contribution is 0.108. The molecule has 2 aromatic rings. The Kier molecular flexibility index (Phi) is 6.05. The number of hydrogen-bond donors (Lipinski definition) is 1. The van der Waals surface area contributed by atoms with Crippen LogP contribution in [-0.2, 0) is 6.54 Å². The van der Waals surface area contributed by atoms with Gasteiger partial charge >= 0.3 is 0 Å². The molecular weight excluding hydrogens is 253 g/mol. The van der Waals surface area contributed by atoms with E-state index in [2.05, 4.69) is 0 Å². The molecule has 0 atom stereocenters. The molecule has 0 amide bonds. The van der Waals surface area contributed by atoms with Crippen molar-refractivity contribution in [3.05, 3.63) is 71.5 Å². The third-order valence-corrected chi connectivity index (χ3v) is 2.35. The van der Waals surface area contributed by atoms with Crippen molar-refractivity contribution in [3.8, 4) is 0 Å². The van der Waals surface area contributed by atoms with Gasteiger partial charge in [0.25, 0.3) is 5.24 Å². The molecule has 0 radical (unpaired) electrons. The second kappa shape index (κ2) is 7.58. The zero-order chi connectivity index (χ0) is 13.4. The molecule has 0 unspecified atom stereocenters. The van der Waals surface area contributed by atoms with Crippen molar-refractivity contribution < 1.29 is 9.18 Å². The van der Waals surface area contributed by atoms with E-state index in [0.717, 1.165) is 6.07 Å². The van der Waals surface area contributed by atoms with Crippen LogP contribution in [0.5, 0.6) is 0 Å². The fourth-order valence-electron chi connectivity index (χ4n) is 1.22. The highest BCUT2D eigenvalue weighted by atomic mass is 35.5. The first kappa shape index (κ1) is 14.4. The Balaban J connectivity index is 0.000000184. The lowest BCUT2D eigenvalue weighted by Crippen LogP contribution is -1.94. The number of benzene rings is 2. The Morgan fingerprint density at radius 2 is 1.78 bits per heavy atom. The van der Waals surface area contributed by atoms with Crippen molar-refractivity contribution in [3.63, 3.8) is 0 Å². The lowest BCUT2D eigenvalue weighted by atomic mass is 10.2. The summed E-state index contributed by atoms with van der Waals surface area (Å²) in [5, 5.41) is -0.639. The van der Waals surface area contributed by atoms with Crippen LogP contribution in [-0.4, -0.2) is 5.24 Å². The van der Waals surface area contributed by atoms with Gasteiger partial charge in [0.15, 0.2) is 0 Å². The van der Waals surface area contributed by atoms with Crippen molar-refractivity contribution in [2.75, 3.05) is 0 Å². The highest BCUT2D eigenvalue weighted by molar-refractivity contribution is 6.67. The van der Waals surface area contributed by atoms with Gasteiger partial charge in [0, 0.05) is 12.1 Å². The maximum absolute atomic E-state index is 12.3. The molecule has 2 rings (SSSR count). The van der Waals surface area contributed by atoms with E-state index in [1.807, 2.05) is 30.3 Å². The SMILES string of the molecule is NCc1ccccc1.O=C(Cl)c1cccc(F)c1. The predicted octanol–water partition coefficient (Wildman–Crippen LogP) is 3.35. The predicted molar refractivity (Wildman–Crippen MR) is 70.9 cm³/mol. The molecule has 0 aliphatic rings. The Morgan fingerprint density at radius 1 is 1.11 bits per heavy atom. The van der Waals surface area contributed by atoms with Crippen LogP contribution in [0.2, 0.25) is 0 Å². The molecule has 0 spiro atoms. The highest BCUT2D eigenvalue weighted by Gasteiger charge is 2.00. The molecule has 0 fully saturated rings. The van der Waals surface area contributed by atoms with E-state index in [4.69, 9.17) is 17.3 Å². The Hall–Kier alpha value is -1.71. The molecule has 0 saturated heterocycles. The first-order valence-corrected chi connectivity index (χ1v) is 5.70. The zero-order valence-corrected chi connectivity index (χ0v) is 10.4. The number of carbonyl (C=O) groups is 1. The van der Waals surface area contributed by atoms with Gasteiger partial charge in [-0.2, -0.15) is 0 Å². The third kappa shape index (κ3) is 5.08. The molecule has 0 bridgehead atoms. The van der Waals surface area contributed by atoms with Crippen LogP contribution in [0.3, 0.4) is 0 Å². The third-order valence-electron chi connectivity index (χ3n) is 2.13. The summed E-state index contributed by atoms with van der Waals surface area (Å²) in [5.74, 6) is -0.452. The summed E-state index contributed by atoms with van der Waals surface area (Å²) in [6, 6.07) is 15.2. The summed E-state index contributed by atoms with van der Waals surface area (Å²) in [4.78, 5) is 10.4. The van der Waals surface area contributed by atoms with E-state index in [9.17, 15) is 9.18 Å². The van der Waals surface area contributed by atoms with Crippen LogP contribution in [0, 0.1) is 5.82 Å². The van der Waals surface area contributed by atoms with Gasteiger partial charge in [-0.3, -0.25) is 4.79 Å². The molecule has 0 saturated carbocycles. The van der Waals surface area contributed by atoms with E-state index < -0.39 is 11.1 Å². The standard InChI is InChI=1S/C7H4ClFO.C7H9N/c8-7(10)5-2-1-3-6(9)4-5;8-6-7-4-2-1-3-5-7/h1-4H;1-5H,6,8H2. The van der Waals surface area contributed by atoms with Crippen molar-refractivity contribution in [2.24, 2.45) is 5.73 Å². The molecule has 94 valence electrons. The van der Waals surface area contributed by atoms with E-state index in [1.54, 1.807) is 0 Å². The Labute approximate surface area is 110 Å². The average molecular weight is 266 g/mol. The summed E-state index contributed by atoms with van der Waals surface area (Å²) in [6.45, 7) is 0.640. The topological polar surface area (TPSA) is 43.1 Å². The second-order valence-corrected chi connectivity index (χ2v) is 3.82. The van der Waals surface area contributed by atoms with E-state index in [-0.39, 0.29) is 5.56 Å². The van der Waals surface area contributed by atoms with Gasteiger partial charge in [0.1, 0.15) is 5.82 Å². The summed E-state index contributed by atoms with van der Waals surface area (Å²) in [6.07, 6.45) is 0. The minimum absolute atomic E-state index is 0.182. The molecule has 2 nitrogen and oxygen atoms in total. The smallest absolute Gasteiger partial charge is 0.252 e. The number of halogens is 2. The second-order valence-electron chi connectivity index (χ2n) is 3.47. The minimum atomic E-state index is -0.639. The van der Waals surface area contributed by atoms with Crippen LogP contribution < -0.4 is 5.73 Å². The molecule has 18 heavy (non-hydrogen) atoms. The van der Waals surface area contributed by atoms with Gasteiger partial charge in [0.05, 0.1) is 0 Å². The van der Waals surface area contributed by atoms with Gasteiger partial charge in [-0.15, -0.1) is 0 Å². The quantitative estimate of drug-likeness (QED) is 0.846. The van der Waals surface area contributed by atoms with Crippen molar-refractivity contribution in [1.29, 1.82) is 0 Å². The van der Waals surface area contributed by atoms with Crippen molar-refractivity contribution in [1.82, 2.24) is 0 Å². The first-order chi connectivity index (χ1) is 8.63. The molecule has 0 heterocycles. The van der Waals surface area contributed by atoms with Gasteiger partial charge in [-0.05, 0) is 35.4 Å². The summed E-state index contributed by atoms with van der Waals surface area (Å²) >= 11 is 5.07. The first-order valence-electron chi connectivity index (χ1n) is 5.33. The van der Waals surface area contributed by atoms with Gasteiger partial charge in [-0.25, -0.2) is 4.39 Å². The molecule has 2 aromatic carbocycles. The monoisotopic (exact) mass is 265 g/mol. The molecule has 2 N–H and O–H groups in total. The van der Waals surface area contributed by atoms with Crippen LogP contribution in [0.1, 0.15) is 15.9 Å². The van der Waals surface area contributed by atoms with Crippen molar-refractivity contribution >= 4 is 16.8 Å². The fraction of sp³-hybridized carbons (Fsp3) is 0.0714. The maximum atomic E-state index is 12.3. The maximum Gasteiger partial charge on any atom is 0.252 e. The molecule has 0 aliphatic heterocycles. The fourth-order valence-corrected chi connectivity index (χ4v) is 1.34. The number of nitrogens with two attached hydrogens (primary N) is 1. The number of hydrogen-bond acceptors (Lipinski definition) is 2. The summed E-state index contributed by atoms with van der Waals surface area (Å²) in [7, 11) is 0. The number of carbonyl (C=O) groups excluding carboxylic acids is 1. The van der Waals surface area contributed by atoms with Crippen LogP contribution in [0.25, 0.3) is 0 Å². The molecule has 0 aromatic heterocycles. The Morgan fingerprint density at radius 3 is 2.17 bits per heavy atom. The minimum Gasteiger partial charge on any atom is -0.326 e. The van der Waals surface area contributed by atoms with Crippen molar-refractivity contribution in [2.45, 2.75) is 6.54 Å².